The summed E-state index contributed by atoms with van der Waals surface area (Å²) in [7, 11) is 1.51. The normalized spacial score (nSPS) is 11.1. The molecule has 0 aliphatic carbocycles. The average Bonchev–Trinajstić information content (AvgIpc) is 3.01. The number of carboxylic acid groups (broad SMARTS) is 1. The molecule has 0 spiro atoms. The molecule has 0 fully saturated rings. The quantitative estimate of drug-likeness (QED) is 0.771. The van der Waals surface area contributed by atoms with E-state index in [0.717, 1.165) is 11.1 Å². The van der Waals surface area contributed by atoms with Crippen molar-refractivity contribution in [2.45, 2.75) is 39.3 Å². The molecule has 8 nitrogen and oxygen atoms in total. The highest BCUT2D eigenvalue weighted by atomic mass is 16.6. The Morgan fingerprint density at radius 1 is 1.26 bits per heavy atom. The molecule has 0 aliphatic rings. The first-order chi connectivity index (χ1) is 12.7. The minimum atomic E-state index is -0.922. The number of hydrogen-bond acceptors (Lipinski definition) is 5. The third-order valence-electron chi connectivity index (χ3n) is 3.60. The molecule has 8 heteroatoms. The van der Waals surface area contributed by atoms with Crippen LogP contribution in [0.15, 0.2) is 30.6 Å². The first-order valence-electron chi connectivity index (χ1n) is 8.56. The number of aliphatic carboxylic acids is 1. The molecule has 0 saturated carbocycles. The maximum absolute atomic E-state index is 11.6. The lowest BCUT2D eigenvalue weighted by Crippen LogP contribution is -2.34. The molecule has 2 N–H and O–H groups in total. The van der Waals surface area contributed by atoms with Crippen LogP contribution in [0, 0.1) is 0 Å². The Hall–Kier alpha value is -3.03. The summed E-state index contributed by atoms with van der Waals surface area (Å²) in [5.41, 5.74) is 1.76. The van der Waals surface area contributed by atoms with Crippen molar-refractivity contribution in [2.75, 3.05) is 13.7 Å². The van der Waals surface area contributed by atoms with Crippen molar-refractivity contribution in [1.82, 2.24) is 15.1 Å². The van der Waals surface area contributed by atoms with Gasteiger partial charge in [0.2, 0.25) is 0 Å². The van der Waals surface area contributed by atoms with Crippen LogP contribution >= 0.6 is 0 Å². The number of methoxy groups -OCH3 is 1. The van der Waals surface area contributed by atoms with Crippen molar-refractivity contribution in [1.29, 1.82) is 0 Å². The summed E-state index contributed by atoms with van der Waals surface area (Å²) >= 11 is 0. The number of ether oxygens (including phenoxy) is 2. The molecule has 0 radical (unpaired) electrons. The standard InChI is InChI=1S/C19H25N3O5/c1-19(2,3)27-18(25)20-7-8-22-12-15(11-21-22)13-5-6-16(26-4)14(9-13)10-17(23)24/h5-6,9,11-12H,7-8,10H2,1-4H3,(H,20,25)(H,23,24). The van der Waals surface area contributed by atoms with E-state index >= 15 is 0 Å². The number of carbonyl (C=O) groups excluding carboxylic acids is 1. The first kappa shape index (κ1) is 20.3. The van der Waals surface area contributed by atoms with E-state index in [0.29, 0.717) is 24.4 Å². The zero-order valence-electron chi connectivity index (χ0n) is 16.0. The molecule has 1 aromatic carbocycles. The minimum Gasteiger partial charge on any atom is -0.496 e. The third-order valence-corrected chi connectivity index (χ3v) is 3.60. The number of nitrogens with zero attached hydrogens (tertiary/aromatic N) is 2. The molecule has 1 amide bonds. The Morgan fingerprint density at radius 3 is 2.63 bits per heavy atom. The van der Waals surface area contributed by atoms with Gasteiger partial charge < -0.3 is 19.9 Å². The lowest BCUT2D eigenvalue weighted by Gasteiger charge is -2.19. The lowest BCUT2D eigenvalue weighted by molar-refractivity contribution is -0.136. The topological polar surface area (TPSA) is 103 Å². The Labute approximate surface area is 158 Å². The number of amides is 1. The number of hydrogen-bond donors (Lipinski definition) is 2. The van der Waals surface area contributed by atoms with Crippen LogP contribution in [0.25, 0.3) is 11.1 Å². The smallest absolute Gasteiger partial charge is 0.407 e. The summed E-state index contributed by atoms with van der Waals surface area (Å²) in [6.07, 6.45) is 2.94. The van der Waals surface area contributed by atoms with E-state index in [1.54, 1.807) is 43.8 Å². The van der Waals surface area contributed by atoms with Crippen LogP contribution in [0.5, 0.6) is 5.75 Å². The van der Waals surface area contributed by atoms with Gasteiger partial charge in [0.15, 0.2) is 0 Å². The van der Waals surface area contributed by atoms with E-state index in [1.165, 1.54) is 7.11 Å². The van der Waals surface area contributed by atoms with Gasteiger partial charge in [0, 0.05) is 23.9 Å². The van der Waals surface area contributed by atoms with Crippen molar-refractivity contribution in [3.05, 3.63) is 36.2 Å². The van der Waals surface area contributed by atoms with Crippen LogP contribution in [0.2, 0.25) is 0 Å². The summed E-state index contributed by atoms with van der Waals surface area (Å²) in [6.45, 7) is 6.28. The van der Waals surface area contributed by atoms with E-state index in [1.807, 2.05) is 12.3 Å². The van der Waals surface area contributed by atoms with Gasteiger partial charge >= 0.3 is 12.1 Å². The largest absolute Gasteiger partial charge is 0.496 e. The summed E-state index contributed by atoms with van der Waals surface area (Å²) < 4.78 is 12.1. The highest BCUT2D eigenvalue weighted by molar-refractivity contribution is 5.73. The van der Waals surface area contributed by atoms with Gasteiger partial charge in [-0.25, -0.2) is 4.79 Å². The van der Waals surface area contributed by atoms with Gasteiger partial charge in [0.1, 0.15) is 11.4 Å². The second-order valence-corrected chi connectivity index (χ2v) is 7.02. The van der Waals surface area contributed by atoms with Crippen molar-refractivity contribution in [3.8, 4) is 16.9 Å². The number of alkyl carbamates (subject to hydrolysis) is 1. The van der Waals surface area contributed by atoms with Gasteiger partial charge in [-0.15, -0.1) is 0 Å². The van der Waals surface area contributed by atoms with E-state index in [-0.39, 0.29) is 6.42 Å². The zero-order chi connectivity index (χ0) is 20.0. The molecule has 146 valence electrons. The second kappa shape index (κ2) is 8.57. The van der Waals surface area contributed by atoms with Crippen molar-refractivity contribution < 1.29 is 24.2 Å². The van der Waals surface area contributed by atoms with Gasteiger partial charge in [-0.3, -0.25) is 9.48 Å². The number of nitrogens with one attached hydrogen (secondary N) is 1. The SMILES string of the molecule is COc1ccc(-c2cnn(CCNC(=O)OC(C)(C)C)c2)cc1CC(=O)O. The summed E-state index contributed by atoms with van der Waals surface area (Å²) in [4.78, 5) is 22.7. The maximum atomic E-state index is 11.6. The van der Waals surface area contributed by atoms with E-state index in [4.69, 9.17) is 14.6 Å². The lowest BCUT2D eigenvalue weighted by atomic mass is 10.0. The number of aromatic nitrogens is 2. The molecule has 1 heterocycles. The number of carbonyl (C=O) groups is 2. The Morgan fingerprint density at radius 2 is 2.00 bits per heavy atom. The molecule has 0 saturated heterocycles. The fourth-order valence-electron chi connectivity index (χ4n) is 2.48. The van der Waals surface area contributed by atoms with E-state index < -0.39 is 17.7 Å². The Bertz CT molecular complexity index is 808. The number of benzene rings is 1. The summed E-state index contributed by atoms with van der Waals surface area (Å²) in [5.74, 6) is -0.385. The van der Waals surface area contributed by atoms with Crippen molar-refractivity contribution >= 4 is 12.1 Å². The minimum absolute atomic E-state index is 0.120. The van der Waals surface area contributed by atoms with Crippen LogP contribution in [0.3, 0.4) is 0 Å². The van der Waals surface area contributed by atoms with Gasteiger partial charge in [-0.05, 0) is 38.5 Å². The molecule has 27 heavy (non-hydrogen) atoms. The Balaban J connectivity index is 2.01. The number of carboxylic acids is 1. The molecule has 0 atom stereocenters. The van der Waals surface area contributed by atoms with Gasteiger partial charge in [0.05, 0.1) is 26.3 Å². The monoisotopic (exact) mass is 375 g/mol. The van der Waals surface area contributed by atoms with E-state index in [2.05, 4.69) is 10.4 Å². The predicted octanol–water partition coefficient (Wildman–Crippen LogP) is 2.71. The van der Waals surface area contributed by atoms with Gasteiger partial charge in [0.25, 0.3) is 0 Å². The molecule has 0 aliphatic heterocycles. The third kappa shape index (κ3) is 6.32. The first-order valence-corrected chi connectivity index (χ1v) is 8.56. The van der Waals surface area contributed by atoms with Crippen molar-refractivity contribution in [3.63, 3.8) is 0 Å². The molecule has 1 aromatic heterocycles. The van der Waals surface area contributed by atoms with Crippen LogP contribution in [0.1, 0.15) is 26.3 Å². The van der Waals surface area contributed by atoms with Gasteiger partial charge in [-0.1, -0.05) is 6.07 Å². The zero-order valence-corrected chi connectivity index (χ0v) is 16.0. The highest BCUT2D eigenvalue weighted by Gasteiger charge is 2.15. The molecular formula is C19H25N3O5. The molecule has 2 aromatic rings. The van der Waals surface area contributed by atoms with Crippen LogP contribution in [0.4, 0.5) is 4.79 Å². The molecule has 0 bridgehead atoms. The fraction of sp³-hybridized carbons (Fsp3) is 0.421. The van der Waals surface area contributed by atoms with Crippen LogP contribution in [-0.4, -0.2) is 46.2 Å². The molecule has 2 rings (SSSR count). The maximum Gasteiger partial charge on any atom is 0.407 e. The average molecular weight is 375 g/mol. The second-order valence-electron chi connectivity index (χ2n) is 7.02. The number of rotatable bonds is 7. The fourth-order valence-corrected chi connectivity index (χ4v) is 2.48. The van der Waals surface area contributed by atoms with Gasteiger partial charge in [-0.2, -0.15) is 5.10 Å². The summed E-state index contributed by atoms with van der Waals surface area (Å²) in [6, 6.07) is 5.38. The van der Waals surface area contributed by atoms with Crippen LogP contribution < -0.4 is 10.1 Å². The summed E-state index contributed by atoms with van der Waals surface area (Å²) in [5, 5.41) is 16.0. The molecule has 0 unspecified atom stereocenters. The predicted molar refractivity (Wildman–Crippen MR) is 99.8 cm³/mol. The van der Waals surface area contributed by atoms with E-state index in [9.17, 15) is 9.59 Å². The Kier molecular flexibility index (Phi) is 6.44. The van der Waals surface area contributed by atoms with Crippen LogP contribution in [-0.2, 0) is 22.5 Å². The molecular weight excluding hydrogens is 350 g/mol. The van der Waals surface area contributed by atoms with Crippen molar-refractivity contribution in [2.24, 2.45) is 0 Å². The highest BCUT2D eigenvalue weighted by Crippen LogP contribution is 2.26.